The second-order valence-corrected chi connectivity index (χ2v) is 15.3. The Morgan fingerprint density at radius 1 is 0.547 bits per heavy atom. The fourth-order valence-electron chi connectivity index (χ4n) is 6.15. The van der Waals surface area contributed by atoms with Crippen LogP contribution in [-0.4, -0.2) is 14.2 Å². The summed E-state index contributed by atoms with van der Waals surface area (Å²) in [7, 11) is -0.811. The molecule has 0 N–H and O–H groups in total. The fraction of sp³-hybridized carbons (Fsp3) is 0.368. The van der Waals surface area contributed by atoms with Crippen molar-refractivity contribution in [3.05, 3.63) is 99.6 Å². The molecule has 0 amide bonds. The van der Waals surface area contributed by atoms with Crippen molar-refractivity contribution < 1.29 is 62.2 Å². The minimum absolute atomic E-state index is 0.00671. The van der Waals surface area contributed by atoms with Gasteiger partial charge in [0.25, 0.3) is 0 Å². The van der Waals surface area contributed by atoms with Crippen LogP contribution in [0.4, 0.5) is 52.7 Å². The van der Waals surface area contributed by atoms with Crippen molar-refractivity contribution in [1.82, 2.24) is 0 Å². The number of aryl methyl sites for hydroxylation is 1. The number of hydrogen-bond acceptors (Lipinski definition) is 2. The molecule has 53 heavy (non-hydrogen) atoms. The zero-order valence-electron chi connectivity index (χ0n) is 29.4. The molecule has 0 spiro atoms. The van der Waals surface area contributed by atoms with E-state index >= 15 is 0 Å². The van der Waals surface area contributed by atoms with E-state index in [0.29, 0.717) is 47.4 Å². The van der Waals surface area contributed by atoms with Crippen LogP contribution in [0.25, 0.3) is 11.1 Å². The van der Waals surface area contributed by atoms with Crippen LogP contribution in [-0.2, 0) is 31.1 Å². The lowest BCUT2D eigenvalue weighted by Crippen LogP contribution is -2.28. The summed E-state index contributed by atoms with van der Waals surface area (Å²) >= 11 is 0. The van der Waals surface area contributed by atoms with Crippen molar-refractivity contribution in [1.29, 1.82) is 0 Å². The van der Waals surface area contributed by atoms with Crippen LogP contribution in [0.15, 0.2) is 60.7 Å². The van der Waals surface area contributed by atoms with E-state index in [1.165, 1.54) is 19.2 Å². The van der Waals surface area contributed by atoms with Gasteiger partial charge in [0.05, 0.1) is 36.5 Å². The molecule has 4 aromatic carbocycles. The van der Waals surface area contributed by atoms with E-state index in [0.717, 1.165) is 12.7 Å². The number of rotatable bonds is 9. The van der Waals surface area contributed by atoms with Crippen molar-refractivity contribution >= 4 is 23.8 Å². The van der Waals surface area contributed by atoms with E-state index in [-0.39, 0.29) is 46.3 Å². The summed E-state index contributed by atoms with van der Waals surface area (Å²) in [6, 6.07) is 7.28. The Morgan fingerprint density at radius 3 is 1.28 bits per heavy atom. The van der Waals surface area contributed by atoms with E-state index in [1.807, 2.05) is 46.8 Å². The standard InChI is InChI=1S/C38H35F12O2P/c1-19(2)10-22-11-21(5)12-29(20(3)4)32(22)33-30(51-6)8-9-31(52-7)34(33)53(27-15-23(35(39,40)41)13-24(16-27)36(42,43)44)28-17-25(37(45,46)47)14-26(18-28)38(48,49)50/h8-9,11-20H,10H2,1-7H3. The first-order chi connectivity index (χ1) is 24.3. The molecule has 0 bridgehead atoms. The lowest BCUT2D eigenvalue weighted by molar-refractivity contribution is -0.144. The zero-order valence-corrected chi connectivity index (χ0v) is 30.3. The SMILES string of the molecule is COc1ccc(OC)c(P(c2cc(C(F)(F)F)cc(C(F)(F)F)c2)c2cc(C(F)(F)F)cc(C(F)(F)F)c2)c1-c1c(CC(C)C)cc(C)cc1C(C)C. The van der Waals surface area contributed by atoms with E-state index < -0.39 is 65.5 Å². The van der Waals surface area contributed by atoms with Crippen molar-refractivity contribution in [3.8, 4) is 22.6 Å². The lowest BCUT2D eigenvalue weighted by Gasteiger charge is -2.30. The van der Waals surface area contributed by atoms with Gasteiger partial charge in [0, 0.05) is 10.9 Å². The average molecular weight is 783 g/mol. The summed E-state index contributed by atoms with van der Waals surface area (Å²) in [6.07, 6.45) is -21.2. The van der Waals surface area contributed by atoms with Gasteiger partial charge in [-0.15, -0.1) is 0 Å². The van der Waals surface area contributed by atoms with E-state index in [1.54, 1.807) is 0 Å². The number of hydrogen-bond donors (Lipinski definition) is 0. The molecule has 0 aromatic heterocycles. The third kappa shape index (κ3) is 9.24. The molecule has 0 unspecified atom stereocenters. The minimum atomic E-state index is -5.39. The molecule has 0 saturated heterocycles. The van der Waals surface area contributed by atoms with Gasteiger partial charge in [-0.3, -0.25) is 0 Å². The number of benzene rings is 4. The molecule has 0 aliphatic heterocycles. The highest BCUT2D eigenvalue weighted by Crippen LogP contribution is 2.50. The van der Waals surface area contributed by atoms with Crippen LogP contribution >= 0.6 is 7.92 Å². The molecular weight excluding hydrogens is 747 g/mol. The molecule has 288 valence electrons. The molecule has 0 radical (unpaired) electrons. The third-order valence-corrected chi connectivity index (χ3v) is 10.8. The molecule has 0 fully saturated rings. The third-order valence-electron chi connectivity index (χ3n) is 8.32. The Kier molecular flexibility index (Phi) is 11.9. The molecule has 2 nitrogen and oxygen atoms in total. The largest absolute Gasteiger partial charge is 0.496 e. The van der Waals surface area contributed by atoms with Gasteiger partial charge in [0.2, 0.25) is 0 Å². The van der Waals surface area contributed by atoms with Gasteiger partial charge in [0.15, 0.2) is 0 Å². The highest BCUT2D eigenvalue weighted by Gasteiger charge is 2.42. The Hall–Kier alpha value is -3.93. The Bertz CT molecular complexity index is 1820. The summed E-state index contributed by atoms with van der Waals surface area (Å²) < 4.78 is 183. The zero-order chi connectivity index (χ0) is 40.0. The van der Waals surface area contributed by atoms with E-state index in [4.69, 9.17) is 9.47 Å². The van der Waals surface area contributed by atoms with Crippen LogP contribution in [0, 0.1) is 12.8 Å². The second kappa shape index (κ2) is 15.1. The van der Waals surface area contributed by atoms with Crippen LogP contribution in [0.2, 0.25) is 0 Å². The molecule has 0 aliphatic carbocycles. The first-order valence-electron chi connectivity index (χ1n) is 16.1. The summed E-state index contributed by atoms with van der Waals surface area (Å²) in [6.45, 7) is 9.29. The Balaban J connectivity index is 2.40. The number of halogens is 12. The lowest BCUT2D eigenvalue weighted by atomic mass is 9.84. The highest BCUT2D eigenvalue weighted by atomic mass is 31.1. The normalized spacial score (nSPS) is 13.0. The number of methoxy groups -OCH3 is 2. The number of alkyl halides is 12. The topological polar surface area (TPSA) is 18.5 Å². The maximum atomic E-state index is 14.3. The molecule has 0 saturated carbocycles. The first-order valence-corrected chi connectivity index (χ1v) is 17.4. The van der Waals surface area contributed by atoms with Crippen molar-refractivity contribution in [2.75, 3.05) is 14.2 Å². The van der Waals surface area contributed by atoms with Gasteiger partial charge in [-0.2, -0.15) is 52.7 Å². The van der Waals surface area contributed by atoms with Gasteiger partial charge in [0.1, 0.15) is 11.5 Å². The summed E-state index contributed by atoms with van der Waals surface area (Å²) in [5.41, 5.74) is -4.65. The van der Waals surface area contributed by atoms with E-state index in [9.17, 15) is 52.7 Å². The summed E-state index contributed by atoms with van der Waals surface area (Å²) in [5.74, 6) is -0.487. The number of ether oxygens (including phenoxy) is 2. The first kappa shape index (κ1) is 41.8. The second-order valence-electron chi connectivity index (χ2n) is 13.2. The monoisotopic (exact) mass is 782 g/mol. The quantitative estimate of drug-likeness (QED) is 0.124. The predicted octanol–water partition coefficient (Wildman–Crippen LogP) is 11.8. The summed E-state index contributed by atoms with van der Waals surface area (Å²) in [5, 5.41) is -1.89. The van der Waals surface area contributed by atoms with Gasteiger partial charge < -0.3 is 9.47 Å². The highest BCUT2D eigenvalue weighted by molar-refractivity contribution is 7.80. The molecule has 4 aromatic rings. The molecular formula is C38H35F12O2P. The van der Waals surface area contributed by atoms with Gasteiger partial charge in [-0.25, -0.2) is 0 Å². The van der Waals surface area contributed by atoms with Crippen LogP contribution < -0.4 is 25.4 Å². The van der Waals surface area contributed by atoms with Crippen molar-refractivity contribution in [2.24, 2.45) is 5.92 Å². The van der Waals surface area contributed by atoms with Gasteiger partial charge in [-0.05, 0) is 109 Å². The molecule has 0 heterocycles. The maximum absolute atomic E-state index is 14.3. The average Bonchev–Trinajstić information content (AvgIpc) is 3.02. The van der Waals surface area contributed by atoms with Crippen molar-refractivity contribution in [2.45, 2.75) is 71.7 Å². The molecule has 0 atom stereocenters. The summed E-state index contributed by atoms with van der Waals surface area (Å²) in [4.78, 5) is 0. The smallest absolute Gasteiger partial charge is 0.416 e. The van der Waals surface area contributed by atoms with E-state index in [2.05, 4.69) is 0 Å². The molecule has 4 rings (SSSR count). The molecule has 15 heteroatoms. The maximum Gasteiger partial charge on any atom is 0.416 e. The van der Waals surface area contributed by atoms with Crippen LogP contribution in [0.1, 0.15) is 72.6 Å². The van der Waals surface area contributed by atoms with Crippen LogP contribution in [0.5, 0.6) is 11.5 Å². The Morgan fingerprint density at radius 2 is 0.943 bits per heavy atom. The predicted molar refractivity (Wildman–Crippen MR) is 181 cm³/mol. The van der Waals surface area contributed by atoms with Crippen LogP contribution in [0.3, 0.4) is 0 Å². The Labute approximate surface area is 299 Å². The molecule has 0 aliphatic rings. The van der Waals surface area contributed by atoms with Gasteiger partial charge in [-0.1, -0.05) is 45.4 Å². The minimum Gasteiger partial charge on any atom is -0.496 e. The van der Waals surface area contributed by atoms with Crippen molar-refractivity contribution in [3.63, 3.8) is 0 Å². The fourth-order valence-corrected chi connectivity index (χ4v) is 8.87. The van der Waals surface area contributed by atoms with Gasteiger partial charge >= 0.3 is 24.7 Å².